The molecule has 6 rings (SSSR count). The number of ether oxygens (including phenoxy) is 2. The van der Waals surface area contributed by atoms with Crippen molar-refractivity contribution in [3.05, 3.63) is 28.9 Å². The summed E-state index contributed by atoms with van der Waals surface area (Å²) >= 11 is 6.80. The van der Waals surface area contributed by atoms with E-state index in [4.69, 9.17) is 35.5 Å². The molecule has 0 bridgehead atoms. The van der Waals surface area contributed by atoms with Crippen LogP contribution in [0.1, 0.15) is 79.5 Å². The number of benzene rings is 1. The molecule has 0 radical (unpaired) electrons. The monoisotopic (exact) mass is 543 g/mol. The van der Waals surface area contributed by atoms with Crippen LogP contribution >= 0.6 is 11.6 Å². The van der Waals surface area contributed by atoms with Gasteiger partial charge in [-0.1, -0.05) is 11.6 Å². The van der Waals surface area contributed by atoms with E-state index in [1.165, 1.54) is 0 Å². The third-order valence-corrected chi connectivity index (χ3v) is 9.53. The van der Waals surface area contributed by atoms with Gasteiger partial charge >= 0.3 is 13.2 Å². The number of halogens is 1. The SMILES string of the molecule is CC(C)(C)OC(=O)N1C[C@@H]2[C@H](C1)[C@@]2(B1OC(C)(C)C(C)(C)O1)c1cc(Cl)cc2c1cnn2C1CCCCO1. The topological polar surface area (TPSA) is 75.0 Å². The van der Waals surface area contributed by atoms with Crippen LogP contribution in [0.25, 0.3) is 10.9 Å². The number of carbonyl (C=O) groups is 1. The molecule has 4 atom stereocenters. The van der Waals surface area contributed by atoms with Crippen molar-refractivity contribution < 1.29 is 23.6 Å². The van der Waals surface area contributed by atoms with Gasteiger partial charge in [0.1, 0.15) is 5.60 Å². The first kappa shape index (κ1) is 26.4. The highest BCUT2D eigenvalue weighted by atomic mass is 35.5. The molecule has 206 valence electrons. The van der Waals surface area contributed by atoms with Crippen molar-refractivity contribution in [3.63, 3.8) is 0 Å². The number of nitrogens with zero attached hydrogens (tertiary/aromatic N) is 3. The van der Waals surface area contributed by atoms with Crippen molar-refractivity contribution in [1.29, 1.82) is 0 Å². The zero-order valence-electron chi connectivity index (χ0n) is 23.5. The van der Waals surface area contributed by atoms with Crippen LogP contribution in [0.15, 0.2) is 18.3 Å². The third-order valence-electron chi connectivity index (χ3n) is 9.31. The van der Waals surface area contributed by atoms with Crippen LogP contribution < -0.4 is 0 Å². The maximum Gasteiger partial charge on any atom is 0.469 e. The van der Waals surface area contributed by atoms with E-state index in [9.17, 15) is 4.79 Å². The Morgan fingerprint density at radius 1 is 1.11 bits per heavy atom. The average molecular weight is 544 g/mol. The van der Waals surface area contributed by atoms with Gasteiger partial charge in [0, 0.05) is 35.4 Å². The van der Waals surface area contributed by atoms with E-state index in [1.54, 1.807) is 0 Å². The summed E-state index contributed by atoms with van der Waals surface area (Å²) in [5.41, 5.74) is 0.541. The minimum Gasteiger partial charge on any atom is -0.444 e. The normalized spacial score (nSPS) is 32.1. The molecule has 0 N–H and O–H groups in total. The molecule has 1 aromatic carbocycles. The van der Waals surface area contributed by atoms with Crippen molar-refractivity contribution in [1.82, 2.24) is 14.7 Å². The van der Waals surface area contributed by atoms with Crippen LogP contribution in [0.4, 0.5) is 4.79 Å². The molecular weight excluding hydrogens is 505 g/mol. The molecule has 1 saturated carbocycles. The minimum atomic E-state index is -0.540. The molecule has 8 nitrogen and oxygen atoms in total. The van der Waals surface area contributed by atoms with E-state index in [2.05, 4.69) is 33.8 Å². The fourth-order valence-electron chi connectivity index (χ4n) is 6.67. The van der Waals surface area contributed by atoms with Gasteiger partial charge in [-0.25, -0.2) is 9.48 Å². The number of amides is 1. The summed E-state index contributed by atoms with van der Waals surface area (Å²) in [6, 6.07) is 4.03. The Morgan fingerprint density at radius 3 is 2.34 bits per heavy atom. The smallest absolute Gasteiger partial charge is 0.444 e. The van der Waals surface area contributed by atoms with Gasteiger partial charge in [0.15, 0.2) is 6.23 Å². The standard InChI is InChI=1S/C28H39BClN3O5/c1-25(2,3)36-24(34)32-15-20-21(16-32)28(20,29-37-26(4,5)27(6,7)38-29)19-12-17(30)13-22-18(19)14-31-33(22)23-10-8-9-11-35-23/h12-14,20-21,23H,8-11,15-16H2,1-7H3/t20-,21+,23?,28-. The second kappa shape index (κ2) is 8.60. The van der Waals surface area contributed by atoms with Crippen molar-refractivity contribution in [2.24, 2.45) is 11.8 Å². The van der Waals surface area contributed by atoms with E-state index < -0.39 is 29.2 Å². The number of carbonyl (C=O) groups excluding carboxylic acids is 1. The van der Waals surface area contributed by atoms with E-state index >= 15 is 0 Å². The molecule has 3 aliphatic heterocycles. The van der Waals surface area contributed by atoms with Gasteiger partial charge in [-0.15, -0.1) is 0 Å². The Hall–Kier alpha value is -1.81. The highest BCUT2D eigenvalue weighted by Crippen LogP contribution is 2.68. The number of rotatable bonds is 3. The average Bonchev–Trinajstić information content (AvgIpc) is 3.16. The first-order chi connectivity index (χ1) is 17.7. The molecule has 1 aliphatic carbocycles. The maximum absolute atomic E-state index is 12.9. The first-order valence-corrected chi connectivity index (χ1v) is 14.2. The molecule has 38 heavy (non-hydrogen) atoms. The zero-order chi connectivity index (χ0) is 27.3. The Bertz CT molecular complexity index is 1240. The molecular formula is C28H39BClN3O5. The largest absolute Gasteiger partial charge is 0.469 e. The molecule has 1 amide bonds. The van der Waals surface area contributed by atoms with Crippen LogP contribution in [0, 0.1) is 11.8 Å². The molecule has 1 aromatic heterocycles. The predicted octanol–water partition coefficient (Wildman–Crippen LogP) is 5.75. The Labute approximate surface area is 230 Å². The maximum atomic E-state index is 12.9. The summed E-state index contributed by atoms with van der Waals surface area (Å²) in [5, 5.41) is 6.03. The lowest BCUT2D eigenvalue weighted by Gasteiger charge is -2.32. The second-order valence-electron chi connectivity index (χ2n) is 13.4. The summed E-state index contributed by atoms with van der Waals surface area (Å²) in [4.78, 5) is 14.8. The zero-order valence-corrected chi connectivity index (χ0v) is 24.3. The van der Waals surface area contributed by atoms with E-state index in [0.29, 0.717) is 18.1 Å². The number of likely N-dealkylation sites (tertiary alicyclic amines) is 1. The third kappa shape index (κ3) is 3.99. The minimum absolute atomic E-state index is 0.0956. The van der Waals surface area contributed by atoms with Gasteiger partial charge in [0.05, 0.1) is 22.9 Å². The summed E-state index contributed by atoms with van der Waals surface area (Å²) in [7, 11) is -0.473. The van der Waals surface area contributed by atoms with Crippen LogP contribution in [-0.2, 0) is 24.1 Å². The van der Waals surface area contributed by atoms with E-state index in [0.717, 1.165) is 42.3 Å². The predicted molar refractivity (Wildman–Crippen MR) is 146 cm³/mol. The van der Waals surface area contributed by atoms with Crippen molar-refractivity contribution >= 4 is 35.7 Å². The molecule has 1 unspecified atom stereocenters. The Kier molecular flexibility index (Phi) is 5.98. The van der Waals surface area contributed by atoms with Gasteiger partial charge < -0.3 is 23.7 Å². The number of hydrogen-bond acceptors (Lipinski definition) is 6. The van der Waals surface area contributed by atoms with Gasteiger partial charge in [0.25, 0.3) is 0 Å². The van der Waals surface area contributed by atoms with Crippen molar-refractivity contribution in [2.75, 3.05) is 19.7 Å². The van der Waals surface area contributed by atoms with Gasteiger partial charge in [0.2, 0.25) is 0 Å². The number of aromatic nitrogens is 2. The van der Waals surface area contributed by atoms with E-state index in [1.807, 2.05) is 42.6 Å². The lowest BCUT2D eigenvalue weighted by atomic mass is 9.60. The molecule has 4 fully saturated rings. The lowest BCUT2D eigenvalue weighted by molar-refractivity contribution is -0.0366. The molecule has 2 aromatic rings. The van der Waals surface area contributed by atoms with Crippen LogP contribution in [0.5, 0.6) is 0 Å². The van der Waals surface area contributed by atoms with Crippen molar-refractivity contribution in [3.8, 4) is 0 Å². The van der Waals surface area contributed by atoms with Crippen LogP contribution in [0.3, 0.4) is 0 Å². The Morgan fingerprint density at radius 2 is 1.76 bits per heavy atom. The number of piperidine rings is 1. The molecule has 4 heterocycles. The van der Waals surface area contributed by atoms with Gasteiger partial charge in [-0.3, -0.25) is 0 Å². The molecule has 10 heteroatoms. The number of hydrogen-bond donors (Lipinski definition) is 0. The molecule has 0 spiro atoms. The summed E-state index contributed by atoms with van der Waals surface area (Å²) in [5.74, 6) is 0.307. The fourth-order valence-corrected chi connectivity index (χ4v) is 6.89. The van der Waals surface area contributed by atoms with Crippen molar-refractivity contribution in [2.45, 2.75) is 96.1 Å². The Balaban J connectivity index is 1.41. The van der Waals surface area contributed by atoms with Gasteiger partial charge in [-0.2, -0.15) is 5.10 Å². The molecule has 3 saturated heterocycles. The summed E-state index contributed by atoms with van der Waals surface area (Å²) in [6.07, 6.45) is 4.68. The lowest BCUT2D eigenvalue weighted by Crippen LogP contribution is -2.45. The molecule has 4 aliphatic rings. The quantitative estimate of drug-likeness (QED) is 0.459. The fraction of sp³-hybridized carbons (Fsp3) is 0.714. The van der Waals surface area contributed by atoms with Gasteiger partial charge in [-0.05, 0) is 97.3 Å². The van der Waals surface area contributed by atoms with E-state index in [-0.39, 0.29) is 24.2 Å². The summed E-state index contributed by atoms with van der Waals surface area (Å²) in [6.45, 7) is 15.9. The van der Waals surface area contributed by atoms with Crippen LogP contribution in [-0.4, -0.2) is 64.4 Å². The highest BCUT2D eigenvalue weighted by Gasteiger charge is 2.79. The first-order valence-electron chi connectivity index (χ1n) is 13.9. The second-order valence-corrected chi connectivity index (χ2v) is 13.9. The highest BCUT2D eigenvalue weighted by molar-refractivity contribution is 6.52. The summed E-state index contributed by atoms with van der Waals surface area (Å²) < 4.78 is 27.2. The number of fused-ring (bicyclic) bond motifs is 2. The van der Waals surface area contributed by atoms with Crippen LogP contribution in [0.2, 0.25) is 5.02 Å².